The van der Waals surface area contributed by atoms with Gasteiger partial charge in [-0.1, -0.05) is 18.2 Å². The number of nitrogen functional groups attached to an aromatic ring is 2. The molecule has 0 spiro atoms. The lowest BCUT2D eigenvalue weighted by Gasteiger charge is -2.28. The molecule has 0 amide bonds. The molecule has 0 heterocycles. The second-order valence-corrected chi connectivity index (χ2v) is 7.22. The number of carbonyl (C=O) groups excluding carboxylic acids is 1. The van der Waals surface area contributed by atoms with Gasteiger partial charge < -0.3 is 25.7 Å². The van der Waals surface area contributed by atoms with Crippen LogP contribution in [0.25, 0.3) is 0 Å². The first kappa shape index (κ1) is 24.3. The monoisotopic (exact) mass is 440 g/mol. The Morgan fingerprint density at radius 3 is 2.03 bits per heavy atom. The molecular weight excluding hydrogens is 413 g/mol. The molecule has 1 fully saturated rings. The van der Waals surface area contributed by atoms with E-state index in [1.54, 1.807) is 18.2 Å². The molecular formula is C22H27F3N2O4. The van der Waals surface area contributed by atoms with Crippen LogP contribution in [0.3, 0.4) is 0 Å². The zero-order valence-corrected chi connectivity index (χ0v) is 17.2. The topological polar surface area (TPSA) is 96.8 Å². The second kappa shape index (κ2) is 11.5. The number of nitrogens with two attached hydrogens (primary N) is 2. The number of ether oxygens (including phenoxy) is 3. The number of benzene rings is 2. The molecule has 1 aliphatic carbocycles. The summed E-state index contributed by atoms with van der Waals surface area (Å²) in [4.78, 5) is 12.2. The smallest absolute Gasteiger partial charge is 0.386 e. The highest BCUT2D eigenvalue weighted by Gasteiger charge is 2.25. The first-order valence-corrected chi connectivity index (χ1v) is 9.83. The maximum absolute atomic E-state index is 12.2. The van der Waals surface area contributed by atoms with Gasteiger partial charge in [-0.25, -0.2) is 4.79 Å². The number of para-hydroxylation sites is 1. The third-order valence-corrected chi connectivity index (χ3v) is 4.38. The van der Waals surface area contributed by atoms with Crippen molar-refractivity contribution in [3.05, 3.63) is 54.1 Å². The number of esters is 1. The molecule has 3 rings (SSSR count). The summed E-state index contributed by atoms with van der Waals surface area (Å²) >= 11 is 0. The molecule has 0 saturated heterocycles. The molecule has 31 heavy (non-hydrogen) atoms. The molecule has 0 radical (unpaired) electrons. The lowest BCUT2D eigenvalue weighted by atomic mass is 9.95. The van der Waals surface area contributed by atoms with Crippen molar-refractivity contribution < 1.29 is 32.2 Å². The second-order valence-electron chi connectivity index (χ2n) is 7.22. The van der Waals surface area contributed by atoms with Gasteiger partial charge in [-0.05, 0) is 56.0 Å². The standard InChI is InChI=1S/C20H24N2O4.C2H3F3/c21-15-10-14(11-16(22)12-15)20(23)26-19-8-6-18(7-9-19)25-13-24-17-4-2-1-3-5-17;1-2(3,4)5/h1-5,10-12,18-19H,6-9,13,21-22H2;1H3. The number of hydrogen-bond acceptors (Lipinski definition) is 6. The maximum atomic E-state index is 12.2. The van der Waals surface area contributed by atoms with Crippen LogP contribution in [-0.2, 0) is 9.47 Å². The molecule has 6 nitrogen and oxygen atoms in total. The van der Waals surface area contributed by atoms with Gasteiger partial charge in [0.2, 0.25) is 0 Å². The van der Waals surface area contributed by atoms with Gasteiger partial charge in [0.25, 0.3) is 0 Å². The minimum Gasteiger partial charge on any atom is -0.468 e. The van der Waals surface area contributed by atoms with E-state index >= 15 is 0 Å². The van der Waals surface area contributed by atoms with Crippen LogP contribution in [0, 0.1) is 0 Å². The van der Waals surface area contributed by atoms with Crippen molar-refractivity contribution in [1.29, 1.82) is 0 Å². The molecule has 0 aliphatic heterocycles. The van der Waals surface area contributed by atoms with Crippen molar-refractivity contribution in [2.45, 2.75) is 51.0 Å². The summed E-state index contributed by atoms with van der Waals surface area (Å²) in [5.41, 5.74) is 12.7. The summed E-state index contributed by atoms with van der Waals surface area (Å²) in [7, 11) is 0. The SMILES string of the molecule is CC(F)(F)F.Nc1cc(N)cc(C(=O)OC2CCC(OCOc3ccccc3)CC2)c1. The van der Waals surface area contributed by atoms with Crippen LogP contribution in [0.2, 0.25) is 0 Å². The Kier molecular flexibility index (Phi) is 8.99. The van der Waals surface area contributed by atoms with E-state index in [2.05, 4.69) is 0 Å². The van der Waals surface area contributed by atoms with Crippen LogP contribution >= 0.6 is 0 Å². The Labute approximate surface area is 179 Å². The van der Waals surface area contributed by atoms with Gasteiger partial charge in [0.1, 0.15) is 11.9 Å². The Bertz CT molecular complexity index is 797. The Morgan fingerprint density at radius 2 is 1.48 bits per heavy atom. The van der Waals surface area contributed by atoms with E-state index in [-0.39, 0.29) is 31.9 Å². The van der Waals surface area contributed by atoms with Gasteiger partial charge >= 0.3 is 12.1 Å². The third-order valence-electron chi connectivity index (χ3n) is 4.38. The van der Waals surface area contributed by atoms with Crippen molar-refractivity contribution in [3.8, 4) is 5.75 Å². The molecule has 0 atom stereocenters. The van der Waals surface area contributed by atoms with Gasteiger partial charge in [-0.15, -0.1) is 0 Å². The Hall–Kier alpha value is -2.94. The average Bonchev–Trinajstić information content (AvgIpc) is 2.68. The number of rotatable bonds is 6. The quantitative estimate of drug-likeness (QED) is 0.375. The lowest BCUT2D eigenvalue weighted by Crippen LogP contribution is -2.29. The first-order chi connectivity index (χ1) is 14.6. The molecule has 2 aromatic rings. The minimum atomic E-state index is -4.00. The van der Waals surface area contributed by atoms with Crippen molar-refractivity contribution in [1.82, 2.24) is 0 Å². The average molecular weight is 440 g/mol. The minimum absolute atomic E-state index is 0.111. The van der Waals surface area contributed by atoms with E-state index in [9.17, 15) is 18.0 Å². The summed E-state index contributed by atoms with van der Waals surface area (Å²) in [6.45, 7) is 0.411. The van der Waals surface area contributed by atoms with E-state index in [1.807, 2.05) is 30.3 Å². The summed E-state index contributed by atoms with van der Waals surface area (Å²) in [5, 5.41) is 0. The van der Waals surface area contributed by atoms with E-state index in [4.69, 9.17) is 25.7 Å². The Balaban J connectivity index is 0.000000614. The summed E-state index contributed by atoms with van der Waals surface area (Å²) in [5.74, 6) is 0.400. The number of hydrogen-bond donors (Lipinski definition) is 2. The van der Waals surface area contributed by atoms with Crippen LogP contribution in [0.15, 0.2) is 48.5 Å². The number of halogens is 3. The summed E-state index contributed by atoms with van der Waals surface area (Å²) in [6, 6.07) is 14.3. The lowest BCUT2D eigenvalue weighted by molar-refractivity contribution is -0.110. The predicted molar refractivity (Wildman–Crippen MR) is 111 cm³/mol. The fraction of sp³-hybridized carbons (Fsp3) is 0.409. The molecule has 0 aromatic heterocycles. The van der Waals surface area contributed by atoms with Crippen LogP contribution in [0.1, 0.15) is 43.0 Å². The summed E-state index contributed by atoms with van der Waals surface area (Å²) < 4.78 is 47.9. The fourth-order valence-corrected chi connectivity index (χ4v) is 3.05. The molecule has 9 heteroatoms. The fourth-order valence-electron chi connectivity index (χ4n) is 3.05. The summed E-state index contributed by atoms with van der Waals surface area (Å²) in [6.07, 6.45) is -0.805. The molecule has 1 saturated carbocycles. The largest absolute Gasteiger partial charge is 0.468 e. The zero-order chi connectivity index (χ0) is 22.9. The maximum Gasteiger partial charge on any atom is 0.386 e. The van der Waals surface area contributed by atoms with E-state index in [0.29, 0.717) is 16.9 Å². The van der Waals surface area contributed by atoms with Crippen LogP contribution in [0.5, 0.6) is 5.75 Å². The van der Waals surface area contributed by atoms with Crippen molar-refractivity contribution in [2.75, 3.05) is 18.3 Å². The van der Waals surface area contributed by atoms with E-state index in [1.165, 1.54) is 0 Å². The predicted octanol–water partition coefficient (Wildman–Crippen LogP) is 4.94. The molecule has 0 bridgehead atoms. The van der Waals surface area contributed by atoms with Crippen LogP contribution < -0.4 is 16.2 Å². The first-order valence-electron chi connectivity index (χ1n) is 9.83. The highest BCUT2D eigenvalue weighted by Crippen LogP contribution is 2.25. The normalized spacial score (nSPS) is 18.5. The van der Waals surface area contributed by atoms with Crippen LogP contribution in [0.4, 0.5) is 24.5 Å². The highest BCUT2D eigenvalue weighted by molar-refractivity contribution is 5.91. The van der Waals surface area contributed by atoms with E-state index < -0.39 is 6.18 Å². The third kappa shape index (κ3) is 10.1. The van der Waals surface area contributed by atoms with Gasteiger partial charge in [-0.2, -0.15) is 13.2 Å². The van der Waals surface area contributed by atoms with Gasteiger partial charge in [0.15, 0.2) is 6.79 Å². The van der Waals surface area contributed by atoms with Crippen molar-refractivity contribution >= 4 is 17.3 Å². The van der Waals surface area contributed by atoms with Gasteiger partial charge in [0, 0.05) is 18.3 Å². The van der Waals surface area contributed by atoms with Gasteiger partial charge in [-0.3, -0.25) is 0 Å². The molecule has 2 aromatic carbocycles. The molecule has 1 aliphatic rings. The van der Waals surface area contributed by atoms with E-state index in [0.717, 1.165) is 31.4 Å². The van der Waals surface area contributed by atoms with Gasteiger partial charge in [0.05, 0.1) is 11.7 Å². The number of carbonyl (C=O) groups is 1. The highest BCUT2D eigenvalue weighted by atomic mass is 19.4. The molecule has 4 N–H and O–H groups in total. The zero-order valence-electron chi connectivity index (χ0n) is 17.2. The Morgan fingerprint density at radius 1 is 0.968 bits per heavy atom. The van der Waals surface area contributed by atoms with Crippen molar-refractivity contribution in [3.63, 3.8) is 0 Å². The molecule has 170 valence electrons. The number of anilines is 2. The van der Waals surface area contributed by atoms with Crippen molar-refractivity contribution in [2.24, 2.45) is 0 Å². The molecule has 0 unspecified atom stereocenters. The number of alkyl halides is 3. The van der Waals surface area contributed by atoms with Crippen LogP contribution in [-0.4, -0.2) is 31.1 Å².